The van der Waals surface area contributed by atoms with Crippen LogP contribution in [0.25, 0.3) is 5.52 Å². The van der Waals surface area contributed by atoms with E-state index >= 15 is 0 Å². The van der Waals surface area contributed by atoms with Crippen molar-refractivity contribution < 1.29 is 14.0 Å². The van der Waals surface area contributed by atoms with E-state index in [1.807, 2.05) is 0 Å². The Morgan fingerprint density at radius 2 is 1.93 bits per heavy atom. The van der Waals surface area contributed by atoms with Gasteiger partial charge in [-0.05, 0) is 49.6 Å². The first-order valence-corrected chi connectivity index (χ1v) is 9.16. The summed E-state index contributed by atoms with van der Waals surface area (Å²) in [7, 11) is 0. The highest BCUT2D eigenvalue weighted by Gasteiger charge is 2.20. The third-order valence-electron chi connectivity index (χ3n) is 4.95. The second kappa shape index (κ2) is 7.30. The van der Waals surface area contributed by atoms with E-state index in [9.17, 15) is 14.0 Å². The molecule has 0 bridgehead atoms. The molecule has 3 aromatic rings. The van der Waals surface area contributed by atoms with Crippen LogP contribution in [0.1, 0.15) is 40.2 Å². The molecule has 8 heteroatoms. The Hall–Kier alpha value is -3.42. The molecule has 1 aliphatic heterocycles. The van der Waals surface area contributed by atoms with Crippen LogP contribution in [0.5, 0.6) is 0 Å². The maximum Gasteiger partial charge on any atom is 0.292 e. The Kier molecular flexibility index (Phi) is 4.68. The Morgan fingerprint density at radius 3 is 2.68 bits per heavy atom. The molecule has 1 aliphatic rings. The molecule has 7 nitrogen and oxygen atoms in total. The van der Waals surface area contributed by atoms with Crippen LogP contribution < -0.4 is 16.0 Å². The van der Waals surface area contributed by atoms with Crippen LogP contribution in [0.4, 0.5) is 15.8 Å². The fourth-order valence-corrected chi connectivity index (χ4v) is 3.53. The first-order chi connectivity index (χ1) is 13.5. The Labute approximate surface area is 161 Å². The van der Waals surface area contributed by atoms with E-state index in [2.05, 4.69) is 15.2 Å². The maximum atomic E-state index is 13.9. The Bertz CT molecular complexity index is 1060. The summed E-state index contributed by atoms with van der Waals surface area (Å²) in [5.41, 5.74) is 7.23. The molecule has 144 valence electrons. The van der Waals surface area contributed by atoms with E-state index < -0.39 is 17.6 Å². The highest BCUT2D eigenvalue weighted by Crippen LogP contribution is 2.30. The molecular formula is C20H20FN5O2. The number of benzene rings is 1. The van der Waals surface area contributed by atoms with Gasteiger partial charge in [0.15, 0.2) is 0 Å². The number of halogens is 1. The van der Waals surface area contributed by atoms with E-state index in [0.717, 1.165) is 31.6 Å². The number of rotatable bonds is 4. The lowest BCUT2D eigenvalue weighted by Crippen LogP contribution is -2.30. The van der Waals surface area contributed by atoms with Gasteiger partial charge in [0.25, 0.3) is 5.91 Å². The number of carbonyl (C=O) groups excluding carboxylic acids is 2. The van der Waals surface area contributed by atoms with Gasteiger partial charge in [0.1, 0.15) is 11.3 Å². The van der Waals surface area contributed by atoms with E-state index in [-0.39, 0.29) is 11.3 Å². The van der Waals surface area contributed by atoms with E-state index in [1.165, 1.54) is 29.2 Å². The van der Waals surface area contributed by atoms with Crippen LogP contribution in [-0.2, 0) is 0 Å². The molecule has 1 fully saturated rings. The van der Waals surface area contributed by atoms with Gasteiger partial charge in [-0.15, -0.1) is 0 Å². The molecule has 3 N–H and O–H groups in total. The maximum absolute atomic E-state index is 13.9. The van der Waals surface area contributed by atoms with Crippen molar-refractivity contribution in [3.05, 3.63) is 59.9 Å². The van der Waals surface area contributed by atoms with Crippen LogP contribution >= 0.6 is 0 Å². The molecule has 3 heterocycles. The number of nitrogens with zero attached hydrogens (tertiary/aromatic N) is 3. The van der Waals surface area contributed by atoms with Gasteiger partial charge in [-0.1, -0.05) is 0 Å². The molecule has 0 atom stereocenters. The standard InChI is InChI=1S/C20H20FN5O2/c21-14-5-4-10-26-17(14)12-23-19(26)20(28)24-15-11-13(18(22)27)6-7-16(15)25-8-2-1-3-9-25/h4-7,10-12H,1-3,8-9H2,(H2,22,27)(H,24,28). The smallest absolute Gasteiger partial charge is 0.292 e. The summed E-state index contributed by atoms with van der Waals surface area (Å²) in [5.74, 6) is -1.47. The topological polar surface area (TPSA) is 92.7 Å². The van der Waals surface area contributed by atoms with E-state index in [1.54, 1.807) is 24.4 Å². The number of nitrogens with two attached hydrogens (primary N) is 1. The van der Waals surface area contributed by atoms with Crippen LogP contribution in [0, 0.1) is 5.82 Å². The van der Waals surface area contributed by atoms with Crippen molar-refractivity contribution in [3.63, 3.8) is 0 Å². The fourth-order valence-electron chi connectivity index (χ4n) is 3.53. The molecule has 28 heavy (non-hydrogen) atoms. The quantitative estimate of drug-likeness (QED) is 0.727. The van der Waals surface area contributed by atoms with Crippen molar-refractivity contribution in [3.8, 4) is 0 Å². The fraction of sp³-hybridized carbons (Fsp3) is 0.250. The van der Waals surface area contributed by atoms with Crippen molar-refractivity contribution in [1.29, 1.82) is 0 Å². The molecule has 0 aliphatic carbocycles. The molecule has 0 radical (unpaired) electrons. The highest BCUT2D eigenvalue weighted by atomic mass is 19.1. The van der Waals surface area contributed by atoms with Crippen LogP contribution in [0.15, 0.2) is 42.7 Å². The van der Waals surface area contributed by atoms with Crippen molar-refractivity contribution in [1.82, 2.24) is 9.38 Å². The molecule has 1 saturated heterocycles. The van der Waals surface area contributed by atoms with Gasteiger partial charge in [0, 0.05) is 24.8 Å². The Morgan fingerprint density at radius 1 is 1.14 bits per heavy atom. The summed E-state index contributed by atoms with van der Waals surface area (Å²) in [6.07, 6.45) is 6.19. The number of anilines is 2. The molecule has 4 rings (SSSR count). The average molecular weight is 381 g/mol. The van der Waals surface area contributed by atoms with Gasteiger partial charge < -0.3 is 16.0 Å². The zero-order chi connectivity index (χ0) is 19.7. The molecule has 2 amide bonds. The number of piperidine rings is 1. The van der Waals surface area contributed by atoms with Gasteiger partial charge in [0.05, 0.1) is 17.6 Å². The zero-order valence-electron chi connectivity index (χ0n) is 15.2. The number of imidazole rings is 1. The van der Waals surface area contributed by atoms with Gasteiger partial charge in [-0.3, -0.25) is 14.0 Å². The van der Waals surface area contributed by atoms with Gasteiger partial charge in [-0.2, -0.15) is 0 Å². The van der Waals surface area contributed by atoms with Crippen LogP contribution in [0.2, 0.25) is 0 Å². The minimum atomic E-state index is -0.575. The van der Waals surface area contributed by atoms with Crippen molar-refractivity contribution in [2.24, 2.45) is 5.73 Å². The molecule has 2 aromatic heterocycles. The summed E-state index contributed by atoms with van der Waals surface area (Å²) in [4.78, 5) is 30.7. The Balaban J connectivity index is 1.70. The normalized spacial score (nSPS) is 14.2. The number of nitrogens with one attached hydrogen (secondary N) is 1. The van der Waals surface area contributed by atoms with Gasteiger partial charge in [0.2, 0.25) is 11.7 Å². The summed E-state index contributed by atoms with van der Waals surface area (Å²) in [5, 5.41) is 2.82. The monoisotopic (exact) mass is 381 g/mol. The minimum absolute atomic E-state index is 0.0589. The van der Waals surface area contributed by atoms with Crippen LogP contribution in [0.3, 0.4) is 0 Å². The largest absolute Gasteiger partial charge is 0.370 e. The van der Waals surface area contributed by atoms with Gasteiger partial charge >= 0.3 is 0 Å². The predicted octanol–water partition coefficient (Wildman–Crippen LogP) is 2.81. The number of hydrogen-bond acceptors (Lipinski definition) is 4. The first-order valence-electron chi connectivity index (χ1n) is 9.16. The highest BCUT2D eigenvalue weighted by molar-refractivity contribution is 6.05. The first kappa shape index (κ1) is 18.0. The number of pyridine rings is 1. The molecule has 0 spiro atoms. The third-order valence-corrected chi connectivity index (χ3v) is 4.95. The van der Waals surface area contributed by atoms with Crippen molar-refractivity contribution >= 4 is 28.7 Å². The second-order valence-electron chi connectivity index (χ2n) is 6.79. The average Bonchev–Trinajstić information content (AvgIpc) is 3.14. The SMILES string of the molecule is NC(=O)c1ccc(N2CCCCC2)c(NC(=O)c2ncc3c(F)cccn23)c1. The zero-order valence-corrected chi connectivity index (χ0v) is 15.2. The lowest BCUT2D eigenvalue weighted by Gasteiger charge is -2.30. The number of carbonyl (C=O) groups is 2. The number of aromatic nitrogens is 2. The second-order valence-corrected chi connectivity index (χ2v) is 6.79. The number of fused-ring (bicyclic) bond motifs is 1. The summed E-state index contributed by atoms with van der Waals surface area (Å²) in [6, 6.07) is 7.84. The van der Waals surface area contributed by atoms with E-state index in [0.29, 0.717) is 11.3 Å². The van der Waals surface area contributed by atoms with Crippen LogP contribution in [-0.4, -0.2) is 34.3 Å². The summed E-state index contributed by atoms with van der Waals surface area (Å²) < 4.78 is 15.3. The molecule has 1 aromatic carbocycles. The molecule has 0 unspecified atom stereocenters. The van der Waals surface area contributed by atoms with E-state index in [4.69, 9.17) is 5.73 Å². The van der Waals surface area contributed by atoms with Gasteiger partial charge in [-0.25, -0.2) is 9.37 Å². The third kappa shape index (κ3) is 3.28. The number of hydrogen-bond donors (Lipinski definition) is 2. The lowest BCUT2D eigenvalue weighted by molar-refractivity contribution is 0.0994. The minimum Gasteiger partial charge on any atom is -0.370 e. The molecular weight excluding hydrogens is 361 g/mol. The summed E-state index contributed by atoms with van der Waals surface area (Å²) >= 11 is 0. The van der Waals surface area contributed by atoms with Crippen molar-refractivity contribution in [2.45, 2.75) is 19.3 Å². The number of primary amides is 1. The van der Waals surface area contributed by atoms with Crippen molar-refractivity contribution in [2.75, 3.05) is 23.3 Å². The lowest BCUT2D eigenvalue weighted by atomic mass is 10.1. The summed E-state index contributed by atoms with van der Waals surface area (Å²) in [6.45, 7) is 1.74. The molecule has 0 saturated carbocycles. The predicted molar refractivity (Wildman–Crippen MR) is 104 cm³/mol. The number of amides is 2.